The van der Waals surface area contributed by atoms with E-state index in [2.05, 4.69) is 5.32 Å². The van der Waals surface area contributed by atoms with Gasteiger partial charge in [-0.05, 0) is 42.0 Å². The van der Waals surface area contributed by atoms with Gasteiger partial charge in [-0.15, -0.1) is 0 Å². The van der Waals surface area contributed by atoms with Gasteiger partial charge in [-0.3, -0.25) is 4.79 Å². The molecule has 6 heteroatoms. The molecular weight excluding hydrogens is 438 g/mol. The largest absolute Gasteiger partial charge is 0.495 e. The van der Waals surface area contributed by atoms with Crippen molar-refractivity contribution < 1.29 is 18.7 Å². The van der Waals surface area contributed by atoms with E-state index in [1.54, 1.807) is 43.5 Å². The SMILES string of the molecule is COc1cc2c(cc1NC(=O)c1ccccc1OCc1ccc(Cl)cc1)oc1ccccc12. The summed E-state index contributed by atoms with van der Waals surface area (Å²) < 4.78 is 17.4. The summed E-state index contributed by atoms with van der Waals surface area (Å²) in [5, 5.41) is 5.51. The van der Waals surface area contributed by atoms with E-state index in [9.17, 15) is 4.79 Å². The van der Waals surface area contributed by atoms with Gasteiger partial charge in [-0.25, -0.2) is 0 Å². The molecule has 0 atom stereocenters. The standard InChI is InChI=1S/C27H20ClNO4/c1-31-26-14-21-19-6-2-5-9-24(19)33-25(21)15-22(26)29-27(30)20-7-3-4-8-23(20)32-16-17-10-12-18(28)13-11-17/h2-15H,16H2,1H3,(H,29,30). The Balaban J connectivity index is 1.42. The van der Waals surface area contributed by atoms with Crippen molar-refractivity contribution in [1.29, 1.82) is 0 Å². The highest BCUT2D eigenvalue weighted by Crippen LogP contribution is 2.36. The maximum atomic E-state index is 13.2. The summed E-state index contributed by atoms with van der Waals surface area (Å²) in [6.45, 7) is 0.315. The number of ether oxygens (including phenoxy) is 2. The van der Waals surface area contributed by atoms with Crippen LogP contribution in [0.1, 0.15) is 15.9 Å². The van der Waals surface area contributed by atoms with Crippen LogP contribution in [-0.2, 0) is 6.61 Å². The van der Waals surface area contributed by atoms with Crippen LogP contribution in [0.5, 0.6) is 11.5 Å². The number of methoxy groups -OCH3 is 1. The minimum absolute atomic E-state index is 0.310. The van der Waals surface area contributed by atoms with Crippen molar-refractivity contribution in [2.45, 2.75) is 6.61 Å². The molecule has 5 rings (SSSR count). The van der Waals surface area contributed by atoms with E-state index in [0.29, 0.717) is 40.0 Å². The molecule has 0 saturated carbocycles. The van der Waals surface area contributed by atoms with Crippen LogP contribution < -0.4 is 14.8 Å². The van der Waals surface area contributed by atoms with Gasteiger partial charge in [0.1, 0.15) is 29.3 Å². The number of benzene rings is 4. The van der Waals surface area contributed by atoms with Gasteiger partial charge in [0.15, 0.2) is 0 Å². The molecule has 0 fully saturated rings. The Morgan fingerprint density at radius 3 is 2.45 bits per heavy atom. The third-order valence-electron chi connectivity index (χ3n) is 5.39. The third-order valence-corrected chi connectivity index (χ3v) is 5.64. The quantitative estimate of drug-likeness (QED) is 0.296. The van der Waals surface area contributed by atoms with Crippen molar-refractivity contribution in [1.82, 2.24) is 0 Å². The highest BCUT2D eigenvalue weighted by molar-refractivity contribution is 6.30. The van der Waals surface area contributed by atoms with Crippen LogP contribution in [0.25, 0.3) is 21.9 Å². The monoisotopic (exact) mass is 457 g/mol. The average molecular weight is 458 g/mol. The molecule has 164 valence electrons. The number of amides is 1. The first-order valence-electron chi connectivity index (χ1n) is 10.4. The summed E-state index contributed by atoms with van der Waals surface area (Å²) in [5.41, 5.74) is 3.32. The van der Waals surface area contributed by atoms with Gasteiger partial charge in [0.25, 0.3) is 5.91 Å². The number of fused-ring (bicyclic) bond motifs is 3. The summed E-state index contributed by atoms with van der Waals surface area (Å²) in [6.07, 6.45) is 0. The minimum atomic E-state index is -0.310. The van der Waals surface area contributed by atoms with Crippen LogP contribution in [0, 0.1) is 0 Å². The van der Waals surface area contributed by atoms with Gasteiger partial charge in [-0.1, -0.05) is 54.1 Å². The summed E-state index contributed by atoms with van der Waals surface area (Å²) in [7, 11) is 1.57. The minimum Gasteiger partial charge on any atom is -0.495 e. The van der Waals surface area contributed by atoms with Crippen LogP contribution in [0.3, 0.4) is 0 Å². The summed E-state index contributed by atoms with van der Waals surface area (Å²) in [5.74, 6) is 0.714. The number of furan rings is 1. The molecule has 4 aromatic carbocycles. The first kappa shape index (κ1) is 20.9. The molecule has 1 heterocycles. The van der Waals surface area contributed by atoms with E-state index in [4.69, 9.17) is 25.5 Å². The molecule has 0 bridgehead atoms. The zero-order valence-corrected chi connectivity index (χ0v) is 18.6. The zero-order valence-electron chi connectivity index (χ0n) is 17.8. The lowest BCUT2D eigenvalue weighted by atomic mass is 10.1. The Hall–Kier alpha value is -3.96. The number of carbonyl (C=O) groups excluding carboxylic acids is 1. The molecule has 33 heavy (non-hydrogen) atoms. The average Bonchev–Trinajstić information content (AvgIpc) is 3.20. The Labute approximate surface area is 195 Å². The smallest absolute Gasteiger partial charge is 0.259 e. The first-order chi connectivity index (χ1) is 16.1. The number of anilines is 1. The van der Waals surface area contributed by atoms with Crippen LogP contribution in [0.4, 0.5) is 5.69 Å². The maximum Gasteiger partial charge on any atom is 0.259 e. The number of nitrogens with one attached hydrogen (secondary N) is 1. The van der Waals surface area contributed by atoms with Crippen molar-refractivity contribution >= 4 is 45.1 Å². The number of hydrogen-bond acceptors (Lipinski definition) is 4. The molecular formula is C27H20ClNO4. The van der Waals surface area contributed by atoms with E-state index < -0.39 is 0 Å². The van der Waals surface area contributed by atoms with E-state index in [0.717, 1.165) is 21.9 Å². The highest BCUT2D eigenvalue weighted by atomic mass is 35.5. The normalized spacial score (nSPS) is 11.0. The second-order valence-electron chi connectivity index (χ2n) is 7.51. The molecule has 1 amide bonds. The summed E-state index contributed by atoms with van der Waals surface area (Å²) in [4.78, 5) is 13.2. The number of carbonyl (C=O) groups is 1. The fourth-order valence-corrected chi connectivity index (χ4v) is 3.86. The topological polar surface area (TPSA) is 60.7 Å². The maximum absolute atomic E-state index is 13.2. The zero-order chi connectivity index (χ0) is 22.8. The van der Waals surface area contributed by atoms with Crippen molar-refractivity contribution in [3.8, 4) is 11.5 Å². The van der Waals surface area contributed by atoms with Gasteiger partial charge in [-0.2, -0.15) is 0 Å². The molecule has 0 saturated heterocycles. The molecule has 5 aromatic rings. The summed E-state index contributed by atoms with van der Waals surface area (Å²) >= 11 is 5.95. The lowest BCUT2D eigenvalue weighted by Crippen LogP contribution is -2.14. The third kappa shape index (κ3) is 4.23. The van der Waals surface area contributed by atoms with Crippen molar-refractivity contribution in [3.05, 3.63) is 101 Å². The van der Waals surface area contributed by atoms with E-state index >= 15 is 0 Å². The van der Waals surface area contributed by atoms with Gasteiger partial charge >= 0.3 is 0 Å². The Morgan fingerprint density at radius 2 is 1.64 bits per heavy atom. The summed E-state index contributed by atoms with van der Waals surface area (Å²) in [6, 6.07) is 25.9. The van der Waals surface area contributed by atoms with Crippen LogP contribution >= 0.6 is 11.6 Å². The van der Waals surface area contributed by atoms with Crippen molar-refractivity contribution in [3.63, 3.8) is 0 Å². The Bertz CT molecular complexity index is 1460. The Morgan fingerprint density at radius 1 is 0.879 bits per heavy atom. The van der Waals surface area contributed by atoms with Gasteiger partial charge in [0, 0.05) is 21.9 Å². The molecule has 0 unspecified atom stereocenters. The fourth-order valence-electron chi connectivity index (χ4n) is 3.73. The highest BCUT2D eigenvalue weighted by Gasteiger charge is 2.17. The van der Waals surface area contributed by atoms with E-state index in [1.165, 1.54) is 0 Å². The van der Waals surface area contributed by atoms with Crippen molar-refractivity contribution in [2.75, 3.05) is 12.4 Å². The first-order valence-corrected chi connectivity index (χ1v) is 10.8. The molecule has 0 aliphatic carbocycles. The fraction of sp³-hybridized carbons (Fsp3) is 0.0741. The number of halogens is 1. The molecule has 5 nitrogen and oxygen atoms in total. The molecule has 0 spiro atoms. The number of rotatable bonds is 6. The molecule has 0 radical (unpaired) electrons. The van der Waals surface area contributed by atoms with Crippen LogP contribution in [0.2, 0.25) is 5.02 Å². The number of para-hydroxylation sites is 2. The predicted molar refractivity (Wildman–Crippen MR) is 130 cm³/mol. The van der Waals surface area contributed by atoms with Crippen molar-refractivity contribution in [2.24, 2.45) is 0 Å². The lowest BCUT2D eigenvalue weighted by Gasteiger charge is -2.13. The van der Waals surface area contributed by atoms with Gasteiger partial charge in [0.05, 0.1) is 18.4 Å². The molecule has 0 aliphatic heterocycles. The molecule has 1 aromatic heterocycles. The van der Waals surface area contributed by atoms with Gasteiger partial charge < -0.3 is 19.2 Å². The predicted octanol–water partition coefficient (Wildman–Crippen LogP) is 7.08. The lowest BCUT2D eigenvalue weighted by molar-refractivity contribution is 0.102. The van der Waals surface area contributed by atoms with Crippen LogP contribution in [-0.4, -0.2) is 13.0 Å². The number of hydrogen-bond donors (Lipinski definition) is 1. The second kappa shape index (κ2) is 8.88. The van der Waals surface area contributed by atoms with E-state index in [-0.39, 0.29) is 5.91 Å². The van der Waals surface area contributed by atoms with Crippen LogP contribution in [0.15, 0.2) is 89.3 Å². The Kier molecular flexibility index (Phi) is 5.63. The van der Waals surface area contributed by atoms with E-state index in [1.807, 2.05) is 48.5 Å². The molecule has 1 N–H and O–H groups in total. The second-order valence-corrected chi connectivity index (χ2v) is 7.95. The van der Waals surface area contributed by atoms with Gasteiger partial charge in [0.2, 0.25) is 0 Å². The molecule has 0 aliphatic rings.